The number of nitrogens with zero attached hydrogens (tertiary/aromatic N) is 2. The number of amides is 1. The predicted molar refractivity (Wildman–Crippen MR) is 85.3 cm³/mol. The molecule has 3 heteroatoms. The molecule has 0 fully saturated rings. The van der Waals surface area contributed by atoms with Crippen molar-refractivity contribution in [3.05, 3.63) is 66.2 Å². The van der Waals surface area contributed by atoms with Crippen molar-refractivity contribution in [2.75, 3.05) is 5.01 Å². The first-order chi connectivity index (χ1) is 10.1. The van der Waals surface area contributed by atoms with Gasteiger partial charge in [0.2, 0.25) is 0 Å². The van der Waals surface area contributed by atoms with Crippen LogP contribution in [0.2, 0.25) is 0 Å². The molecule has 0 aliphatic carbocycles. The highest BCUT2D eigenvalue weighted by Crippen LogP contribution is 2.35. The van der Waals surface area contributed by atoms with Crippen LogP contribution in [0, 0.1) is 5.41 Å². The van der Waals surface area contributed by atoms with Crippen molar-refractivity contribution in [2.24, 2.45) is 10.5 Å². The molecule has 0 bridgehead atoms. The maximum atomic E-state index is 12.9. The second kappa shape index (κ2) is 5.17. The predicted octanol–water partition coefficient (Wildman–Crippen LogP) is 3.66. The molecule has 0 saturated heterocycles. The Morgan fingerprint density at radius 1 is 1.00 bits per heavy atom. The van der Waals surface area contributed by atoms with Gasteiger partial charge in [0.25, 0.3) is 5.91 Å². The van der Waals surface area contributed by atoms with Gasteiger partial charge in [0.1, 0.15) is 0 Å². The van der Waals surface area contributed by atoms with Crippen molar-refractivity contribution in [3.8, 4) is 0 Å². The molecule has 1 atom stereocenters. The Kier molecular flexibility index (Phi) is 3.34. The number of carbonyl (C=O) groups excluding carboxylic acids is 1. The van der Waals surface area contributed by atoms with E-state index in [1.807, 2.05) is 62.4 Å². The normalized spacial score (nSPS) is 21.5. The number of carbonyl (C=O) groups is 1. The van der Waals surface area contributed by atoms with Gasteiger partial charge in [-0.3, -0.25) is 4.79 Å². The van der Waals surface area contributed by atoms with Crippen LogP contribution in [-0.2, 0) is 11.2 Å². The van der Waals surface area contributed by atoms with E-state index in [0.717, 1.165) is 17.0 Å². The molecule has 0 spiro atoms. The van der Waals surface area contributed by atoms with Crippen LogP contribution in [0.3, 0.4) is 0 Å². The van der Waals surface area contributed by atoms with E-state index < -0.39 is 5.41 Å². The van der Waals surface area contributed by atoms with E-state index in [4.69, 9.17) is 0 Å². The van der Waals surface area contributed by atoms with Gasteiger partial charge in [-0.15, -0.1) is 0 Å². The molecule has 1 aliphatic heterocycles. The largest absolute Gasteiger partial charge is 0.271 e. The van der Waals surface area contributed by atoms with Gasteiger partial charge in [0, 0.05) is 0 Å². The van der Waals surface area contributed by atoms with Gasteiger partial charge in [-0.1, -0.05) is 48.5 Å². The number of benzene rings is 2. The molecule has 3 rings (SSSR count). The van der Waals surface area contributed by atoms with Crippen molar-refractivity contribution in [1.29, 1.82) is 0 Å². The molecular formula is C18H18N2O. The number of anilines is 1. The van der Waals surface area contributed by atoms with E-state index in [1.54, 1.807) is 0 Å². The first-order valence-corrected chi connectivity index (χ1v) is 7.10. The van der Waals surface area contributed by atoms with E-state index in [0.29, 0.717) is 6.42 Å². The van der Waals surface area contributed by atoms with E-state index in [-0.39, 0.29) is 5.91 Å². The van der Waals surface area contributed by atoms with E-state index >= 15 is 0 Å². The Labute approximate surface area is 124 Å². The third-order valence-electron chi connectivity index (χ3n) is 4.11. The summed E-state index contributed by atoms with van der Waals surface area (Å²) in [6.07, 6.45) is 0.672. The van der Waals surface area contributed by atoms with Gasteiger partial charge >= 0.3 is 0 Å². The van der Waals surface area contributed by atoms with Crippen LogP contribution in [0.5, 0.6) is 0 Å². The number of para-hydroxylation sites is 1. The van der Waals surface area contributed by atoms with Crippen molar-refractivity contribution >= 4 is 17.3 Å². The monoisotopic (exact) mass is 278 g/mol. The van der Waals surface area contributed by atoms with Crippen LogP contribution in [0.25, 0.3) is 0 Å². The first kappa shape index (κ1) is 13.6. The molecule has 0 saturated carbocycles. The van der Waals surface area contributed by atoms with Crippen molar-refractivity contribution < 1.29 is 4.79 Å². The summed E-state index contributed by atoms with van der Waals surface area (Å²) in [7, 11) is 0. The lowest BCUT2D eigenvalue weighted by atomic mass is 9.79. The van der Waals surface area contributed by atoms with E-state index in [1.165, 1.54) is 5.01 Å². The molecule has 2 aromatic rings. The minimum Gasteiger partial charge on any atom is -0.271 e. The fraction of sp³-hybridized carbons (Fsp3) is 0.222. The average Bonchev–Trinajstić information content (AvgIpc) is 2.73. The van der Waals surface area contributed by atoms with E-state index in [9.17, 15) is 4.79 Å². The highest BCUT2D eigenvalue weighted by atomic mass is 16.2. The molecule has 21 heavy (non-hydrogen) atoms. The molecular weight excluding hydrogens is 260 g/mol. The molecule has 1 amide bonds. The molecule has 3 nitrogen and oxygen atoms in total. The summed E-state index contributed by atoms with van der Waals surface area (Å²) in [5.41, 5.74) is 2.26. The lowest BCUT2D eigenvalue weighted by Crippen LogP contribution is -2.38. The first-order valence-electron chi connectivity index (χ1n) is 7.10. The summed E-state index contributed by atoms with van der Waals surface area (Å²) in [4.78, 5) is 12.9. The molecule has 1 aliphatic rings. The number of hydrogen-bond donors (Lipinski definition) is 0. The molecule has 0 aromatic heterocycles. The lowest BCUT2D eigenvalue weighted by Gasteiger charge is -2.23. The summed E-state index contributed by atoms with van der Waals surface area (Å²) in [6, 6.07) is 19.7. The molecule has 106 valence electrons. The molecule has 1 heterocycles. The molecule has 1 unspecified atom stereocenters. The van der Waals surface area contributed by atoms with E-state index in [2.05, 4.69) is 17.2 Å². The Morgan fingerprint density at radius 3 is 2.19 bits per heavy atom. The summed E-state index contributed by atoms with van der Waals surface area (Å²) >= 11 is 0. The van der Waals surface area contributed by atoms with Gasteiger partial charge in [-0.25, -0.2) is 0 Å². The van der Waals surface area contributed by atoms with Crippen molar-refractivity contribution in [3.63, 3.8) is 0 Å². The zero-order valence-electron chi connectivity index (χ0n) is 12.3. The zero-order valence-corrected chi connectivity index (χ0v) is 12.3. The van der Waals surface area contributed by atoms with Gasteiger partial charge in [0.05, 0.1) is 16.8 Å². The minimum absolute atomic E-state index is 0.0371. The van der Waals surface area contributed by atoms with Gasteiger partial charge in [-0.2, -0.15) is 10.1 Å². The molecule has 0 N–H and O–H groups in total. The summed E-state index contributed by atoms with van der Waals surface area (Å²) in [6.45, 7) is 3.91. The van der Waals surface area contributed by atoms with Crippen LogP contribution in [0.4, 0.5) is 5.69 Å². The second-order valence-corrected chi connectivity index (χ2v) is 5.63. The van der Waals surface area contributed by atoms with Gasteiger partial charge < -0.3 is 0 Å². The van der Waals surface area contributed by atoms with Gasteiger partial charge in [0.15, 0.2) is 0 Å². The Morgan fingerprint density at radius 2 is 1.57 bits per heavy atom. The third kappa shape index (κ3) is 2.35. The fourth-order valence-corrected chi connectivity index (χ4v) is 2.65. The molecule has 2 aromatic carbocycles. The number of rotatable bonds is 3. The summed E-state index contributed by atoms with van der Waals surface area (Å²) in [5, 5.41) is 6.02. The minimum atomic E-state index is -0.572. The maximum Gasteiger partial charge on any atom is 0.259 e. The van der Waals surface area contributed by atoms with Crippen LogP contribution < -0.4 is 5.01 Å². The second-order valence-electron chi connectivity index (χ2n) is 5.63. The third-order valence-corrected chi connectivity index (χ3v) is 4.11. The smallest absolute Gasteiger partial charge is 0.259 e. The Hall–Kier alpha value is -2.42. The number of hydrogen-bond acceptors (Lipinski definition) is 2. The maximum absolute atomic E-state index is 12.9. The summed E-state index contributed by atoms with van der Waals surface area (Å²) in [5.74, 6) is 0.0371. The highest BCUT2D eigenvalue weighted by Gasteiger charge is 2.45. The van der Waals surface area contributed by atoms with Gasteiger partial charge in [-0.05, 0) is 38.0 Å². The Balaban J connectivity index is 1.91. The van der Waals surface area contributed by atoms with Crippen molar-refractivity contribution in [1.82, 2.24) is 0 Å². The summed E-state index contributed by atoms with van der Waals surface area (Å²) < 4.78 is 0. The zero-order chi connectivity index (χ0) is 14.9. The van der Waals surface area contributed by atoms with Crippen LogP contribution in [0.15, 0.2) is 65.8 Å². The highest BCUT2D eigenvalue weighted by molar-refractivity contribution is 6.18. The van der Waals surface area contributed by atoms with Crippen molar-refractivity contribution in [2.45, 2.75) is 20.3 Å². The van der Waals surface area contributed by atoms with Crippen LogP contribution >= 0.6 is 0 Å². The SMILES string of the molecule is CC1=NN(c2ccccc2)C(=O)C1(C)Cc1ccccc1. The fourth-order valence-electron chi connectivity index (χ4n) is 2.65. The number of hydrazone groups is 1. The quantitative estimate of drug-likeness (QED) is 0.843. The van der Waals surface area contributed by atoms with Crippen LogP contribution in [-0.4, -0.2) is 11.6 Å². The standard InChI is InChI=1S/C18H18N2O/c1-14-18(2,13-15-9-5-3-6-10-15)17(21)20(19-14)16-11-7-4-8-12-16/h3-12H,13H2,1-2H3. The Bertz CT molecular complexity index is 679. The van der Waals surface area contributed by atoms with Crippen LogP contribution in [0.1, 0.15) is 19.4 Å². The lowest BCUT2D eigenvalue weighted by molar-refractivity contribution is -0.123. The topological polar surface area (TPSA) is 32.7 Å². The average molecular weight is 278 g/mol. The molecule has 0 radical (unpaired) electrons.